The topological polar surface area (TPSA) is 96.1 Å². The molecule has 3 heterocycles. The molecule has 3 atom stereocenters. The van der Waals surface area contributed by atoms with E-state index in [9.17, 15) is 10.2 Å². The number of aliphatic hydroxyl groups excluding tert-OH is 2. The van der Waals surface area contributed by atoms with Crippen molar-refractivity contribution in [2.75, 3.05) is 5.32 Å². The van der Waals surface area contributed by atoms with Gasteiger partial charge in [0.2, 0.25) is 0 Å². The van der Waals surface area contributed by atoms with E-state index in [1.54, 1.807) is 10.9 Å². The van der Waals surface area contributed by atoms with Crippen LogP contribution in [0.25, 0.3) is 11.2 Å². The molecule has 1 fully saturated rings. The van der Waals surface area contributed by atoms with Crippen LogP contribution in [0.5, 0.6) is 0 Å². The van der Waals surface area contributed by atoms with Gasteiger partial charge in [-0.15, -0.1) is 0 Å². The monoisotopic (exact) mass is 551 g/mol. The molecule has 3 aromatic rings. The van der Waals surface area contributed by atoms with Crippen molar-refractivity contribution >= 4 is 66.1 Å². The minimum absolute atomic E-state index is 0.0538. The number of aromatic nitrogens is 4. The van der Waals surface area contributed by atoms with Crippen molar-refractivity contribution in [1.82, 2.24) is 19.5 Å². The first-order valence-corrected chi connectivity index (χ1v) is 11.5. The molecule has 136 valence electrons. The Hall–Kier alpha value is -0.971. The molecule has 0 amide bonds. The molecule has 1 aromatic carbocycles. The van der Waals surface area contributed by atoms with E-state index in [0.29, 0.717) is 28.8 Å². The number of anilines is 1. The van der Waals surface area contributed by atoms with Crippen LogP contribution in [0.15, 0.2) is 30.6 Å². The van der Waals surface area contributed by atoms with E-state index < -0.39 is 12.2 Å². The fourth-order valence-electron chi connectivity index (χ4n) is 2.86. The molecule has 0 aliphatic carbocycles. The van der Waals surface area contributed by atoms with Gasteiger partial charge in [0.05, 0.1) is 0 Å². The van der Waals surface area contributed by atoms with Crippen LogP contribution in [-0.2, 0) is 6.54 Å². The third-order valence-corrected chi connectivity index (χ3v) is 7.88. The van der Waals surface area contributed by atoms with Gasteiger partial charge in [-0.1, -0.05) is 0 Å². The third-order valence-electron chi connectivity index (χ3n) is 4.14. The van der Waals surface area contributed by atoms with Gasteiger partial charge in [0, 0.05) is 0 Å². The van der Waals surface area contributed by atoms with Crippen molar-refractivity contribution in [1.29, 1.82) is 0 Å². The predicted molar refractivity (Wildman–Crippen MR) is 108 cm³/mol. The molecule has 10 heteroatoms. The van der Waals surface area contributed by atoms with E-state index in [4.69, 9.17) is 11.6 Å². The fraction of sp³-hybridized carbons (Fsp3) is 0.312. The molecule has 1 saturated heterocycles. The molecule has 4 rings (SSSR count). The number of benzene rings is 1. The molecule has 2 aromatic heterocycles. The predicted octanol–water partition coefficient (Wildman–Crippen LogP) is 2.05. The van der Waals surface area contributed by atoms with Crippen LogP contribution in [-0.4, -0.2) is 56.9 Å². The van der Waals surface area contributed by atoms with Gasteiger partial charge in [-0.25, -0.2) is 0 Å². The molecular weight excluding hydrogens is 536 g/mol. The number of hydrogen-bond donors (Lipinski definition) is 3. The fourth-order valence-corrected chi connectivity index (χ4v) is 6.33. The van der Waals surface area contributed by atoms with Crippen LogP contribution in [0.3, 0.4) is 0 Å². The van der Waals surface area contributed by atoms with E-state index in [2.05, 4.69) is 48.9 Å². The Morgan fingerprint density at radius 3 is 2.92 bits per heavy atom. The summed E-state index contributed by atoms with van der Waals surface area (Å²) < 4.78 is 2.97. The van der Waals surface area contributed by atoms with Crippen molar-refractivity contribution < 1.29 is 10.2 Å². The summed E-state index contributed by atoms with van der Waals surface area (Å²) in [6.07, 6.45) is 0.122. The first-order chi connectivity index (χ1) is 12.5. The number of fused-ring (bicyclic) bond motifs is 1. The average Bonchev–Trinajstić information content (AvgIpc) is 3.17. The molecule has 0 spiro atoms. The first-order valence-electron chi connectivity index (χ1n) is 7.89. The summed E-state index contributed by atoms with van der Waals surface area (Å²) in [7, 11) is 0. The molecular formula is C16H15ClIN5O2Se. The van der Waals surface area contributed by atoms with Crippen LogP contribution in [0.2, 0.25) is 10.6 Å². The van der Waals surface area contributed by atoms with Gasteiger partial charge in [-0.2, -0.15) is 0 Å². The quantitative estimate of drug-likeness (QED) is 0.262. The first kappa shape index (κ1) is 18.4. The Morgan fingerprint density at radius 2 is 2.19 bits per heavy atom. The van der Waals surface area contributed by atoms with Crippen molar-refractivity contribution in [3.05, 3.63) is 45.0 Å². The number of rotatable bonds is 4. The van der Waals surface area contributed by atoms with Crippen LogP contribution >= 0.6 is 34.2 Å². The van der Waals surface area contributed by atoms with Gasteiger partial charge in [0.25, 0.3) is 0 Å². The Morgan fingerprint density at radius 1 is 1.35 bits per heavy atom. The second kappa shape index (κ2) is 7.57. The van der Waals surface area contributed by atoms with Crippen molar-refractivity contribution in [3.63, 3.8) is 0 Å². The van der Waals surface area contributed by atoms with Crippen molar-refractivity contribution in [2.45, 2.75) is 29.0 Å². The molecule has 26 heavy (non-hydrogen) atoms. The van der Waals surface area contributed by atoms with Crippen LogP contribution < -0.4 is 5.32 Å². The zero-order chi connectivity index (χ0) is 18.3. The van der Waals surface area contributed by atoms with E-state index in [-0.39, 0.29) is 25.2 Å². The number of halogens is 2. The average molecular weight is 551 g/mol. The van der Waals surface area contributed by atoms with E-state index in [1.165, 1.54) is 0 Å². The Balaban J connectivity index is 1.66. The van der Waals surface area contributed by atoms with Crippen LogP contribution in [0.1, 0.15) is 10.5 Å². The van der Waals surface area contributed by atoms with Crippen molar-refractivity contribution in [3.8, 4) is 0 Å². The van der Waals surface area contributed by atoms with Gasteiger partial charge < -0.3 is 0 Å². The summed E-state index contributed by atoms with van der Waals surface area (Å²) in [5, 5.41) is 24.1. The number of aliphatic hydroxyl groups is 2. The normalized spacial score (nSPS) is 22.8. The van der Waals surface area contributed by atoms with Crippen LogP contribution in [0.4, 0.5) is 5.82 Å². The van der Waals surface area contributed by atoms with Gasteiger partial charge in [-0.05, 0) is 0 Å². The Labute approximate surface area is 174 Å². The van der Waals surface area contributed by atoms with Gasteiger partial charge in [0.1, 0.15) is 0 Å². The standard InChI is InChI=1S/C16H15ClIN5O2Se/c17-16-21-13(19-5-8-2-1-3-9(18)4-8)11-14(22-16)23(7-20-11)15-12(25)10(24)6-26-15/h1-4,7,10,12,15,24-25H,5-6H2,(H,19,21,22)/t10-,12-,15-/m1/s1. The van der Waals surface area contributed by atoms with Crippen LogP contribution in [0, 0.1) is 3.57 Å². The Kier molecular flexibility index (Phi) is 5.36. The summed E-state index contributed by atoms with van der Waals surface area (Å²) in [5.41, 5.74) is 2.29. The molecule has 3 N–H and O–H groups in total. The summed E-state index contributed by atoms with van der Waals surface area (Å²) in [4.78, 5) is 12.8. The van der Waals surface area contributed by atoms with Gasteiger partial charge >= 0.3 is 175 Å². The minimum atomic E-state index is -0.816. The second-order valence-corrected chi connectivity index (χ2v) is 9.93. The van der Waals surface area contributed by atoms with E-state index in [0.717, 1.165) is 9.13 Å². The number of nitrogens with one attached hydrogen (secondary N) is 1. The molecule has 0 bridgehead atoms. The molecule has 0 saturated carbocycles. The third kappa shape index (κ3) is 3.56. The van der Waals surface area contributed by atoms with E-state index in [1.807, 2.05) is 18.2 Å². The number of nitrogens with zero attached hydrogens (tertiary/aromatic N) is 4. The summed E-state index contributed by atoms with van der Waals surface area (Å²) in [6, 6.07) is 8.16. The summed E-state index contributed by atoms with van der Waals surface area (Å²) in [6.45, 7) is 0.584. The van der Waals surface area contributed by atoms with Gasteiger partial charge in [-0.3, -0.25) is 0 Å². The maximum atomic E-state index is 10.2. The summed E-state index contributed by atoms with van der Waals surface area (Å²) >= 11 is 8.45. The summed E-state index contributed by atoms with van der Waals surface area (Å²) in [5.74, 6) is 0.554. The van der Waals surface area contributed by atoms with Crippen molar-refractivity contribution in [2.24, 2.45) is 0 Å². The zero-order valence-corrected chi connectivity index (χ0v) is 18.0. The van der Waals surface area contributed by atoms with E-state index >= 15 is 0 Å². The maximum absolute atomic E-state index is 10.2. The Bertz CT molecular complexity index is 956. The molecule has 0 radical (unpaired) electrons. The zero-order valence-electron chi connectivity index (χ0n) is 13.4. The number of imidazole rings is 1. The molecule has 0 unspecified atom stereocenters. The molecule has 1 aliphatic rings. The second-order valence-electron chi connectivity index (χ2n) is 5.93. The number of hydrogen-bond acceptors (Lipinski definition) is 6. The SMILES string of the molecule is O[C@@H]1[C@H](O)C[Se][C@H]1n1cnc2c(NCc3cccc(I)c3)nc(Cl)nc21. The molecule has 7 nitrogen and oxygen atoms in total. The molecule has 1 aliphatic heterocycles. The van der Waals surface area contributed by atoms with Gasteiger partial charge in [0.15, 0.2) is 0 Å².